The number of alkyl halides is 3. The second kappa shape index (κ2) is 14.6. The van der Waals surface area contributed by atoms with Gasteiger partial charge in [-0.15, -0.1) is 0 Å². The van der Waals surface area contributed by atoms with Crippen LogP contribution in [0.2, 0.25) is 0 Å². The van der Waals surface area contributed by atoms with Gasteiger partial charge in [0.25, 0.3) is 5.91 Å². The van der Waals surface area contributed by atoms with Crippen molar-refractivity contribution in [1.29, 1.82) is 0 Å². The van der Waals surface area contributed by atoms with Crippen LogP contribution in [0.15, 0.2) is 83.8 Å². The van der Waals surface area contributed by atoms with Crippen LogP contribution in [0, 0.1) is 5.92 Å². The maximum atomic E-state index is 13.6. The predicted molar refractivity (Wildman–Crippen MR) is 163 cm³/mol. The van der Waals surface area contributed by atoms with Gasteiger partial charge in [-0.05, 0) is 47.7 Å². The molecule has 1 saturated heterocycles. The average Bonchev–Trinajstić information content (AvgIpc) is 3.41. The highest BCUT2D eigenvalue weighted by Gasteiger charge is 2.43. The van der Waals surface area contributed by atoms with Crippen molar-refractivity contribution in [3.05, 3.63) is 95.6 Å². The first kappa shape index (κ1) is 34.9. The standard InChI is InChI=1S/C32H36F3N3O7S/c1-21(2)17-37(46(43,44)24-14-12-23(20-39)13-15-24)18-28(40)26(16-22-8-4-3-5-9-22)36-30(41)29-19-38(31(42)45-29)27-11-7-6-10-25(27)32(33,34)35/h3-15,21,26,28-29,39-40H,16-20H2,1-2H3,(H,36,41)/t26-,28+,29-/m0/s1. The predicted octanol–water partition coefficient (Wildman–Crippen LogP) is 3.96. The van der Waals surface area contributed by atoms with Gasteiger partial charge in [0, 0.05) is 13.1 Å². The van der Waals surface area contributed by atoms with Crippen LogP contribution in [-0.4, -0.2) is 72.8 Å². The number of halogens is 3. The van der Waals surface area contributed by atoms with Crippen molar-refractivity contribution in [2.45, 2.75) is 56.2 Å². The minimum absolute atomic E-state index is 0.0426. The number of sulfonamides is 1. The van der Waals surface area contributed by atoms with Crippen LogP contribution in [0.25, 0.3) is 0 Å². The van der Waals surface area contributed by atoms with Crippen LogP contribution in [0.1, 0.15) is 30.5 Å². The number of aliphatic hydroxyl groups is 2. The van der Waals surface area contributed by atoms with E-state index in [4.69, 9.17) is 4.74 Å². The van der Waals surface area contributed by atoms with Crippen molar-refractivity contribution < 1.29 is 46.1 Å². The van der Waals surface area contributed by atoms with Crippen LogP contribution in [-0.2, 0) is 38.8 Å². The van der Waals surface area contributed by atoms with Gasteiger partial charge in [-0.1, -0.05) is 68.4 Å². The molecule has 1 fully saturated rings. The summed E-state index contributed by atoms with van der Waals surface area (Å²) in [6.07, 6.45) is -8.78. The number of benzene rings is 3. The number of nitrogens with zero attached hydrogens (tertiary/aromatic N) is 2. The number of aliphatic hydroxyl groups excluding tert-OH is 2. The summed E-state index contributed by atoms with van der Waals surface area (Å²) in [6.45, 7) is 2.48. The van der Waals surface area contributed by atoms with Gasteiger partial charge in [-0.3, -0.25) is 9.69 Å². The first-order valence-corrected chi connectivity index (χ1v) is 16.0. The third-order valence-electron chi connectivity index (χ3n) is 7.40. The van der Waals surface area contributed by atoms with Crippen LogP contribution in [0.4, 0.5) is 23.7 Å². The van der Waals surface area contributed by atoms with Crippen molar-refractivity contribution in [1.82, 2.24) is 9.62 Å². The van der Waals surface area contributed by atoms with E-state index >= 15 is 0 Å². The van der Waals surface area contributed by atoms with Gasteiger partial charge in [0.1, 0.15) is 0 Å². The second-order valence-corrected chi connectivity index (χ2v) is 13.3. The third-order valence-corrected chi connectivity index (χ3v) is 9.24. The Bertz CT molecular complexity index is 1600. The number of para-hydroxylation sites is 1. The molecule has 10 nitrogen and oxygen atoms in total. The molecule has 46 heavy (non-hydrogen) atoms. The highest BCUT2D eigenvalue weighted by Crippen LogP contribution is 2.37. The van der Waals surface area contributed by atoms with E-state index in [2.05, 4.69) is 5.32 Å². The fourth-order valence-electron chi connectivity index (χ4n) is 5.10. The van der Waals surface area contributed by atoms with Gasteiger partial charge in [0.05, 0.1) is 41.4 Å². The van der Waals surface area contributed by atoms with Gasteiger partial charge >= 0.3 is 12.3 Å². The number of cyclic esters (lactones) is 1. The molecule has 0 bridgehead atoms. The molecule has 3 atom stereocenters. The van der Waals surface area contributed by atoms with Crippen LogP contribution in [0.5, 0.6) is 0 Å². The number of nitrogens with one attached hydrogen (secondary N) is 1. The minimum atomic E-state index is -4.76. The molecular formula is C32H36F3N3O7S. The first-order valence-electron chi connectivity index (χ1n) is 14.6. The zero-order valence-corrected chi connectivity index (χ0v) is 26.0. The number of hydrogen-bond donors (Lipinski definition) is 3. The van der Waals surface area contributed by atoms with Crippen LogP contribution >= 0.6 is 0 Å². The van der Waals surface area contributed by atoms with Crippen molar-refractivity contribution in [2.24, 2.45) is 5.92 Å². The fraction of sp³-hybridized carbons (Fsp3) is 0.375. The maximum Gasteiger partial charge on any atom is 0.418 e. The van der Waals surface area contributed by atoms with Gasteiger partial charge < -0.3 is 20.3 Å². The Kier molecular flexibility index (Phi) is 11.1. The Morgan fingerprint density at radius 1 is 1.00 bits per heavy atom. The molecule has 0 aromatic heterocycles. The lowest BCUT2D eigenvalue weighted by Gasteiger charge is -2.31. The summed E-state index contributed by atoms with van der Waals surface area (Å²) in [5, 5.41) is 23.4. The highest BCUT2D eigenvalue weighted by atomic mass is 32.2. The lowest BCUT2D eigenvalue weighted by atomic mass is 10.0. The Morgan fingerprint density at radius 3 is 2.24 bits per heavy atom. The number of carbonyl (C=O) groups is 2. The van der Waals surface area contributed by atoms with E-state index in [0.29, 0.717) is 11.1 Å². The van der Waals surface area contributed by atoms with Crippen LogP contribution < -0.4 is 10.2 Å². The summed E-state index contributed by atoms with van der Waals surface area (Å²) in [4.78, 5) is 26.7. The molecule has 0 unspecified atom stereocenters. The summed E-state index contributed by atoms with van der Waals surface area (Å²) < 4.78 is 74.4. The van der Waals surface area contributed by atoms with Gasteiger partial charge in [-0.2, -0.15) is 17.5 Å². The molecule has 248 valence electrons. The molecule has 0 saturated carbocycles. The third kappa shape index (κ3) is 8.43. The molecule has 0 aliphatic carbocycles. The van der Waals surface area contributed by atoms with Gasteiger partial charge in [0.15, 0.2) is 6.10 Å². The van der Waals surface area contributed by atoms with E-state index in [1.54, 1.807) is 30.3 Å². The van der Waals surface area contributed by atoms with E-state index in [0.717, 1.165) is 21.3 Å². The summed E-state index contributed by atoms with van der Waals surface area (Å²) in [7, 11) is -4.12. The molecule has 14 heteroatoms. The lowest BCUT2D eigenvalue weighted by molar-refractivity contribution is -0.137. The van der Waals surface area contributed by atoms with Crippen molar-refractivity contribution in [3.63, 3.8) is 0 Å². The SMILES string of the molecule is CC(C)CN(C[C@@H](O)[C@H](Cc1ccccc1)NC(=O)[C@@H]1CN(c2ccccc2C(F)(F)F)C(=O)O1)S(=O)(=O)c1ccc(CO)cc1. The Labute approximate surface area is 265 Å². The number of hydrogen-bond acceptors (Lipinski definition) is 7. The summed E-state index contributed by atoms with van der Waals surface area (Å²) in [6, 6.07) is 17.8. The minimum Gasteiger partial charge on any atom is -0.434 e. The summed E-state index contributed by atoms with van der Waals surface area (Å²) in [5.41, 5.74) is -0.303. The zero-order chi connectivity index (χ0) is 33.6. The molecular weight excluding hydrogens is 627 g/mol. The Balaban J connectivity index is 1.57. The van der Waals surface area contributed by atoms with E-state index in [1.807, 2.05) is 13.8 Å². The normalized spacial score (nSPS) is 16.8. The smallest absolute Gasteiger partial charge is 0.418 e. The molecule has 1 aliphatic rings. The highest BCUT2D eigenvalue weighted by molar-refractivity contribution is 7.89. The zero-order valence-electron chi connectivity index (χ0n) is 25.2. The molecule has 2 amide bonds. The summed E-state index contributed by atoms with van der Waals surface area (Å²) in [5.74, 6) is -0.998. The number of rotatable bonds is 13. The van der Waals surface area contributed by atoms with E-state index in [9.17, 15) is 41.4 Å². The summed E-state index contributed by atoms with van der Waals surface area (Å²) >= 11 is 0. The van der Waals surface area contributed by atoms with Crippen molar-refractivity contribution in [3.8, 4) is 0 Å². The fourth-order valence-corrected chi connectivity index (χ4v) is 6.72. The number of amides is 2. The average molecular weight is 664 g/mol. The molecule has 0 radical (unpaired) electrons. The van der Waals surface area contributed by atoms with E-state index in [1.165, 1.54) is 36.4 Å². The second-order valence-electron chi connectivity index (χ2n) is 11.4. The molecule has 3 N–H and O–H groups in total. The van der Waals surface area contributed by atoms with Gasteiger partial charge in [-0.25, -0.2) is 13.2 Å². The molecule has 4 rings (SSSR count). The number of ether oxygens (including phenoxy) is 1. The molecule has 0 spiro atoms. The van der Waals surface area contributed by atoms with Crippen molar-refractivity contribution in [2.75, 3.05) is 24.5 Å². The molecule has 1 aliphatic heterocycles. The van der Waals surface area contributed by atoms with E-state index in [-0.39, 0.29) is 30.4 Å². The first-order chi connectivity index (χ1) is 21.7. The Morgan fingerprint density at radius 2 is 1.63 bits per heavy atom. The van der Waals surface area contributed by atoms with Crippen molar-refractivity contribution >= 4 is 27.7 Å². The monoisotopic (exact) mass is 663 g/mol. The number of anilines is 1. The maximum absolute atomic E-state index is 13.6. The molecule has 1 heterocycles. The largest absolute Gasteiger partial charge is 0.434 e. The quantitative estimate of drug-likeness (QED) is 0.252. The molecule has 3 aromatic rings. The topological polar surface area (TPSA) is 136 Å². The lowest BCUT2D eigenvalue weighted by Crippen LogP contribution is -2.53. The number of carbonyl (C=O) groups excluding carboxylic acids is 2. The molecule has 3 aromatic carbocycles. The van der Waals surface area contributed by atoms with E-state index < -0.39 is 70.8 Å². The Hall–Kier alpha value is -3.98. The van der Waals surface area contributed by atoms with Crippen LogP contribution in [0.3, 0.4) is 0 Å². The van der Waals surface area contributed by atoms with Gasteiger partial charge in [0.2, 0.25) is 10.0 Å².